The lowest BCUT2D eigenvalue weighted by Crippen LogP contribution is -2.33. The van der Waals surface area contributed by atoms with Gasteiger partial charge in [0.05, 0.1) is 0 Å². The Morgan fingerprint density at radius 2 is 1.60 bits per heavy atom. The molecule has 0 aliphatic carbocycles. The quantitative estimate of drug-likeness (QED) is 0.582. The standard InChI is InChI=1S/C13H27NO/c1-4-7-8-9-10-11-13(15)14-12(5-2)6-3/h12H,4-11H2,1-3H3,(H,14,15). The van der Waals surface area contributed by atoms with E-state index in [0.29, 0.717) is 12.5 Å². The predicted molar refractivity (Wildman–Crippen MR) is 65.9 cm³/mol. The van der Waals surface area contributed by atoms with Crippen molar-refractivity contribution in [3.05, 3.63) is 0 Å². The van der Waals surface area contributed by atoms with Crippen molar-refractivity contribution in [1.82, 2.24) is 5.32 Å². The average Bonchev–Trinajstić information content (AvgIpc) is 2.25. The Labute approximate surface area is 94.8 Å². The lowest BCUT2D eigenvalue weighted by molar-refractivity contribution is -0.121. The highest BCUT2D eigenvalue weighted by Gasteiger charge is 2.07. The number of hydrogen-bond acceptors (Lipinski definition) is 1. The van der Waals surface area contributed by atoms with Crippen LogP contribution in [0, 0.1) is 0 Å². The smallest absolute Gasteiger partial charge is 0.220 e. The van der Waals surface area contributed by atoms with Gasteiger partial charge in [0.25, 0.3) is 0 Å². The second-order valence-corrected chi connectivity index (χ2v) is 4.25. The number of nitrogens with one attached hydrogen (secondary N) is 1. The van der Waals surface area contributed by atoms with E-state index in [1.165, 1.54) is 25.7 Å². The average molecular weight is 213 g/mol. The van der Waals surface area contributed by atoms with Gasteiger partial charge in [-0.1, -0.05) is 46.5 Å². The van der Waals surface area contributed by atoms with Gasteiger partial charge >= 0.3 is 0 Å². The number of unbranched alkanes of at least 4 members (excludes halogenated alkanes) is 4. The van der Waals surface area contributed by atoms with Gasteiger partial charge in [-0.25, -0.2) is 0 Å². The maximum atomic E-state index is 11.5. The minimum absolute atomic E-state index is 0.236. The van der Waals surface area contributed by atoms with Gasteiger partial charge in [0, 0.05) is 12.5 Å². The largest absolute Gasteiger partial charge is 0.353 e. The van der Waals surface area contributed by atoms with Gasteiger partial charge in [-0.05, 0) is 19.3 Å². The van der Waals surface area contributed by atoms with Crippen molar-refractivity contribution in [2.45, 2.75) is 78.2 Å². The summed E-state index contributed by atoms with van der Waals surface area (Å²) in [6, 6.07) is 0.383. The third-order valence-corrected chi connectivity index (χ3v) is 2.86. The van der Waals surface area contributed by atoms with Crippen molar-refractivity contribution in [1.29, 1.82) is 0 Å². The van der Waals surface area contributed by atoms with E-state index >= 15 is 0 Å². The molecule has 0 bridgehead atoms. The topological polar surface area (TPSA) is 29.1 Å². The molecule has 0 aromatic heterocycles. The molecule has 0 fully saturated rings. The second-order valence-electron chi connectivity index (χ2n) is 4.25. The zero-order valence-electron chi connectivity index (χ0n) is 10.6. The molecule has 0 saturated heterocycles. The fourth-order valence-electron chi connectivity index (χ4n) is 1.68. The van der Waals surface area contributed by atoms with Gasteiger partial charge in [-0.15, -0.1) is 0 Å². The van der Waals surface area contributed by atoms with Crippen LogP contribution in [0.3, 0.4) is 0 Å². The minimum Gasteiger partial charge on any atom is -0.353 e. The van der Waals surface area contributed by atoms with E-state index in [2.05, 4.69) is 26.1 Å². The molecule has 0 aliphatic heterocycles. The van der Waals surface area contributed by atoms with Crippen LogP contribution in [0.4, 0.5) is 0 Å². The Hall–Kier alpha value is -0.530. The summed E-state index contributed by atoms with van der Waals surface area (Å²) in [6.45, 7) is 6.45. The van der Waals surface area contributed by atoms with Gasteiger partial charge < -0.3 is 5.32 Å². The third kappa shape index (κ3) is 8.46. The highest BCUT2D eigenvalue weighted by molar-refractivity contribution is 5.76. The van der Waals surface area contributed by atoms with E-state index in [1.54, 1.807) is 0 Å². The van der Waals surface area contributed by atoms with E-state index in [0.717, 1.165) is 19.3 Å². The Morgan fingerprint density at radius 1 is 1.00 bits per heavy atom. The molecule has 0 heterocycles. The summed E-state index contributed by atoms with van der Waals surface area (Å²) in [4.78, 5) is 11.5. The fraction of sp³-hybridized carbons (Fsp3) is 0.923. The molecule has 90 valence electrons. The monoisotopic (exact) mass is 213 g/mol. The maximum Gasteiger partial charge on any atom is 0.220 e. The van der Waals surface area contributed by atoms with Crippen LogP contribution in [0.1, 0.15) is 72.1 Å². The van der Waals surface area contributed by atoms with Crippen LogP contribution in [0.25, 0.3) is 0 Å². The summed E-state index contributed by atoms with van der Waals surface area (Å²) in [7, 11) is 0. The molecule has 0 unspecified atom stereocenters. The molecular formula is C13H27NO. The first kappa shape index (κ1) is 14.5. The molecule has 2 heteroatoms. The summed E-state index contributed by atoms with van der Waals surface area (Å²) < 4.78 is 0. The SMILES string of the molecule is CCCCCCCC(=O)NC(CC)CC. The Bertz CT molecular complexity index is 153. The number of hydrogen-bond donors (Lipinski definition) is 1. The van der Waals surface area contributed by atoms with Crippen molar-refractivity contribution < 1.29 is 4.79 Å². The molecule has 0 radical (unpaired) electrons. The summed E-state index contributed by atoms with van der Waals surface area (Å²) in [5.74, 6) is 0.236. The highest BCUT2D eigenvalue weighted by Crippen LogP contribution is 2.05. The van der Waals surface area contributed by atoms with Gasteiger partial charge in [-0.2, -0.15) is 0 Å². The molecular weight excluding hydrogens is 186 g/mol. The first-order valence-electron chi connectivity index (χ1n) is 6.53. The van der Waals surface area contributed by atoms with Crippen molar-refractivity contribution in [3.8, 4) is 0 Å². The van der Waals surface area contributed by atoms with Crippen LogP contribution in [0.15, 0.2) is 0 Å². The molecule has 0 spiro atoms. The molecule has 1 N–H and O–H groups in total. The first-order chi connectivity index (χ1) is 7.24. The van der Waals surface area contributed by atoms with Crippen LogP contribution in [-0.2, 0) is 4.79 Å². The van der Waals surface area contributed by atoms with Crippen molar-refractivity contribution >= 4 is 5.91 Å². The summed E-state index contributed by atoms with van der Waals surface area (Å²) >= 11 is 0. The van der Waals surface area contributed by atoms with E-state index in [1.807, 2.05) is 0 Å². The Balaban J connectivity index is 3.40. The normalized spacial score (nSPS) is 10.7. The van der Waals surface area contributed by atoms with Crippen molar-refractivity contribution in [3.63, 3.8) is 0 Å². The van der Waals surface area contributed by atoms with Gasteiger partial charge in [0.1, 0.15) is 0 Å². The lowest BCUT2D eigenvalue weighted by Gasteiger charge is -2.14. The number of amides is 1. The molecule has 0 saturated carbocycles. The Morgan fingerprint density at radius 3 is 2.13 bits per heavy atom. The number of carbonyl (C=O) groups excluding carboxylic acids is 1. The van der Waals surface area contributed by atoms with Gasteiger partial charge in [-0.3, -0.25) is 4.79 Å². The minimum atomic E-state index is 0.236. The molecule has 15 heavy (non-hydrogen) atoms. The van der Waals surface area contributed by atoms with Crippen LogP contribution in [-0.4, -0.2) is 11.9 Å². The molecule has 0 aromatic carbocycles. The van der Waals surface area contributed by atoms with Crippen LogP contribution in [0.2, 0.25) is 0 Å². The number of rotatable bonds is 9. The van der Waals surface area contributed by atoms with Crippen LogP contribution >= 0.6 is 0 Å². The lowest BCUT2D eigenvalue weighted by atomic mass is 10.1. The predicted octanol–water partition coefficient (Wildman–Crippen LogP) is 3.65. The zero-order valence-corrected chi connectivity index (χ0v) is 10.6. The van der Waals surface area contributed by atoms with E-state index in [9.17, 15) is 4.79 Å². The van der Waals surface area contributed by atoms with E-state index in [4.69, 9.17) is 0 Å². The van der Waals surface area contributed by atoms with Crippen molar-refractivity contribution in [2.75, 3.05) is 0 Å². The van der Waals surface area contributed by atoms with Crippen molar-refractivity contribution in [2.24, 2.45) is 0 Å². The molecule has 1 amide bonds. The molecule has 0 aromatic rings. The Kier molecular flexibility index (Phi) is 9.65. The zero-order chi connectivity index (χ0) is 11.5. The highest BCUT2D eigenvalue weighted by atomic mass is 16.1. The van der Waals surface area contributed by atoms with Gasteiger partial charge in [0.2, 0.25) is 5.91 Å². The van der Waals surface area contributed by atoms with Crippen LogP contribution < -0.4 is 5.32 Å². The molecule has 2 nitrogen and oxygen atoms in total. The fourth-order valence-corrected chi connectivity index (χ4v) is 1.68. The molecule has 0 atom stereocenters. The summed E-state index contributed by atoms with van der Waals surface area (Å²) in [6.07, 6.45) is 8.87. The van der Waals surface area contributed by atoms with Gasteiger partial charge in [0.15, 0.2) is 0 Å². The maximum absolute atomic E-state index is 11.5. The molecule has 0 aliphatic rings. The summed E-state index contributed by atoms with van der Waals surface area (Å²) in [5, 5.41) is 3.07. The van der Waals surface area contributed by atoms with E-state index < -0.39 is 0 Å². The second kappa shape index (κ2) is 10.0. The molecule has 0 rings (SSSR count). The summed E-state index contributed by atoms with van der Waals surface area (Å²) in [5.41, 5.74) is 0. The third-order valence-electron chi connectivity index (χ3n) is 2.86. The first-order valence-corrected chi connectivity index (χ1v) is 6.53. The number of carbonyl (C=O) groups is 1. The van der Waals surface area contributed by atoms with Crippen LogP contribution in [0.5, 0.6) is 0 Å². The van der Waals surface area contributed by atoms with E-state index in [-0.39, 0.29) is 5.91 Å².